The van der Waals surface area contributed by atoms with Crippen LogP contribution in [-0.2, 0) is 19.1 Å². The molecular formula is C13H18ClNO4S. The van der Waals surface area contributed by atoms with Gasteiger partial charge in [0, 0.05) is 18.7 Å². The molecule has 20 heavy (non-hydrogen) atoms. The Morgan fingerprint density at radius 1 is 1.50 bits per heavy atom. The maximum atomic E-state index is 12.3. The summed E-state index contributed by atoms with van der Waals surface area (Å²) in [6.07, 6.45) is -0.491. The number of hydrogen-bond donors (Lipinski definition) is 0. The SMILES string of the molecule is CO[C@H]1C(=O)N2C(C(=O)OC(C)(C)C)=C(CCl)CSC12. The Labute approximate surface area is 127 Å². The lowest BCUT2D eigenvalue weighted by molar-refractivity contribution is -0.166. The summed E-state index contributed by atoms with van der Waals surface area (Å²) in [6, 6.07) is 0. The van der Waals surface area contributed by atoms with Gasteiger partial charge in [0.1, 0.15) is 16.7 Å². The van der Waals surface area contributed by atoms with Crippen LogP contribution in [0.25, 0.3) is 0 Å². The second-order valence-corrected chi connectivity index (χ2v) is 7.03. The minimum atomic E-state index is -0.615. The number of methoxy groups -OCH3 is 1. The van der Waals surface area contributed by atoms with Crippen LogP contribution in [0, 0.1) is 0 Å². The molecule has 0 saturated carbocycles. The topological polar surface area (TPSA) is 55.8 Å². The van der Waals surface area contributed by atoms with Gasteiger partial charge in [-0.25, -0.2) is 4.79 Å². The molecule has 112 valence electrons. The fourth-order valence-electron chi connectivity index (χ4n) is 2.15. The van der Waals surface area contributed by atoms with E-state index in [0.717, 1.165) is 5.57 Å². The van der Waals surface area contributed by atoms with Crippen LogP contribution in [0.15, 0.2) is 11.3 Å². The third-order valence-corrected chi connectivity index (χ3v) is 4.64. The van der Waals surface area contributed by atoms with Crippen molar-refractivity contribution in [2.45, 2.75) is 37.9 Å². The number of carbonyl (C=O) groups excluding carboxylic acids is 2. The monoisotopic (exact) mass is 319 g/mol. The fraction of sp³-hybridized carbons (Fsp3) is 0.692. The van der Waals surface area contributed by atoms with E-state index in [1.165, 1.54) is 12.0 Å². The number of fused-ring (bicyclic) bond motifs is 1. The van der Waals surface area contributed by atoms with E-state index in [1.54, 1.807) is 32.5 Å². The van der Waals surface area contributed by atoms with Crippen molar-refractivity contribution < 1.29 is 19.1 Å². The normalized spacial score (nSPS) is 26.2. The van der Waals surface area contributed by atoms with Crippen LogP contribution in [0.4, 0.5) is 0 Å². The van der Waals surface area contributed by atoms with Crippen molar-refractivity contribution >= 4 is 35.2 Å². The Kier molecular flexibility index (Phi) is 4.37. The van der Waals surface area contributed by atoms with E-state index in [9.17, 15) is 9.59 Å². The third kappa shape index (κ3) is 2.69. The number of alkyl halides is 1. The first-order valence-electron chi connectivity index (χ1n) is 6.29. The molecule has 0 aromatic rings. The van der Waals surface area contributed by atoms with E-state index in [-0.39, 0.29) is 22.9 Å². The van der Waals surface area contributed by atoms with Gasteiger partial charge in [-0.15, -0.1) is 23.4 Å². The van der Waals surface area contributed by atoms with Crippen LogP contribution in [0.2, 0.25) is 0 Å². The standard InChI is InChI=1S/C13H18ClNO4S/c1-13(2,3)19-12(17)8-7(5-14)6-20-11-9(18-4)10(16)15(8)11/h9,11H,5-6H2,1-4H3/t9-,11?/m0/s1. The Morgan fingerprint density at radius 2 is 2.15 bits per heavy atom. The molecule has 2 heterocycles. The summed E-state index contributed by atoms with van der Waals surface area (Å²) in [5.41, 5.74) is 0.401. The number of thioether (sulfide) groups is 1. The Bertz CT molecular complexity index is 471. The van der Waals surface area contributed by atoms with E-state index in [0.29, 0.717) is 5.75 Å². The van der Waals surface area contributed by atoms with Crippen LogP contribution >= 0.6 is 23.4 Å². The van der Waals surface area contributed by atoms with Crippen molar-refractivity contribution in [2.24, 2.45) is 0 Å². The molecule has 7 heteroatoms. The highest BCUT2D eigenvalue weighted by Gasteiger charge is 2.54. The Hall–Kier alpha value is -0.720. The van der Waals surface area contributed by atoms with Gasteiger partial charge in [-0.2, -0.15) is 0 Å². The van der Waals surface area contributed by atoms with Crippen molar-refractivity contribution in [2.75, 3.05) is 18.7 Å². The highest BCUT2D eigenvalue weighted by atomic mass is 35.5. The van der Waals surface area contributed by atoms with E-state index >= 15 is 0 Å². The molecule has 1 unspecified atom stereocenters. The molecule has 1 amide bonds. The molecule has 0 aromatic carbocycles. The lowest BCUT2D eigenvalue weighted by Crippen LogP contribution is -2.65. The van der Waals surface area contributed by atoms with Gasteiger partial charge in [0.05, 0.1) is 0 Å². The average Bonchev–Trinajstić information content (AvgIpc) is 2.35. The van der Waals surface area contributed by atoms with Crippen LogP contribution in [0.1, 0.15) is 20.8 Å². The molecule has 0 spiro atoms. The first kappa shape index (κ1) is 15.7. The quantitative estimate of drug-likeness (QED) is 0.451. The molecule has 0 radical (unpaired) electrons. The number of amides is 1. The number of ether oxygens (including phenoxy) is 2. The van der Waals surface area contributed by atoms with Crippen molar-refractivity contribution in [1.29, 1.82) is 0 Å². The first-order chi connectivity index (χ1) is 9.30. The van der Waals surface area contributed by atoms with Crippen LogP contribution in [0.5, 0.6) is 0 Å². The maximum Gasteiger partial charge on any atom is 0.355 e. The molecule has 2 atom stereocenters. The zero-order chi connectivity index (χ0) is 15.1. The molecule has 2 aliphatic rings. The third-order valence-electron chi connectivity index (χ3n) is 3.01. The number of halogens is 1. The molecule has 0 N–H and O–H groups in total. The van der Waals surface area contributed by atoms with Gasteiger partial charge in [-0.05, 0) is 26.3 Å². The number of carbonyl (C=O) groups is 2. The van der Waals surface area contributed by atoms with Gasteiger partial charge in [-0.3, -0.25) is 9.69 Å². The second kappa shape index (κ2) is 5.58. The number of hydrogen-bond acceptors (Lipinski definition) is 5. The predicted molar refractivity (Wildman–Crippen MR) is 77.5 cm³/mol. The molecule has 2 rings (SSSR count). The van der Waals surface area contributed by atoms with Crippen molar-refractivity contribution in [3.63, 3.8) is 0 Å². The molecule has 2 aliphatic heterocycles. The molecule has 1 fully saturated rings. The first-order valence-corrected chi connectivity index (χ1v) is 7.87. The summed E-state index contributed by atoms with van der Waals surface area (Å²) in [6.45, 7) is 5.37. The van der Waals surface area contributed by atoms with E-state index in [1.807, 2.05) is 0 Å². The van der Waals surface area contributed by atoms with E-state index < -0.39 is 17.7 Å². The summed E-state index contributed by atoms with van der Waals surface area (Å²) in [7, 11) is 1.49. The largest absolute Gasteiger partial charge is 0.455 e. The van der Waals surface area contributed by atoms with Crippen LogP contribution in [0.3, 0.4) is 0 Å². The van der Waals surface area contributed by atoms with Crippen LogP contribution < -0.4 is 0 Å². The van der Waals surface area contributed by atoms with Gasteiger partial charge in [0.15, 0.2) is 6.10 Å². The summed E-state index contributed by atoms with van der Waals surface area (Å²) in [4.78, 5) is 25.9. The summed E-state index contributed by atoms with van der Waals surface area (Å²) < 4.78 is 10.5. The Balaban J connectivity index is 2.29. The van der Waals surface area contributed by atoms with Crippen molar-refractivity contribution in [3.05, 3.63) is 11.3 Å². The molecule has 5 nitrogen and oxygen atoms in total. The van der Waals surface area contributed by atoms with Crippen molar-refractivity contribution in [3.8, 4) is 0 Å². The smallest absolute Gasteiger partial charge is 0.355 e. The lowest BCUT2D eigenvalue weighted by atomic mass is 10.1. The molecule has 0 aliphatic carbocycles. The maximum absolute atomic E-state index is 12.3. The highest BCUT2D eigenvalue weighted by molar-refractivity contribution is 8.00. The molecule has 0 aromatic heterocycles. The highest BCUT2D eigenvalue weighted by Crippen LogP contribution is 2.42. The number of nitrogens with zero attached hydrogens (tertiary/aromatic N) is 1. The van der Waals surface area contributed by atoms with Gasteiger partial charge in [0.2, 0.25) is 0 Å². The predicted octanol–water partition coefficient (Wildman–Crippen LogP) is 1.75. The van der Waals surface area contributed by atoms with E-state index in [2.05, 4.69) is 0 Å². The summed E-state index contributed by atoms with van der Waals surface area (Å²) in [5.74, 6) is 0.0942. The van der Waals surface area contributed by atoms with Gasteiger partial charge >= 0.3 is 5.97 Å². The molecule has 0 bridgehead atoms. The molecular weight excluding hydrogens is 302 g/mol. The van der Waals surface area contributed by atoms with Crippen LogP contribution in [-0.4, -0.2) is 52.6 Å². The zero-order valence-electron chi connectivity index (χ0n) is 11.9. The van der Waals surface area contributed by atoms with Gasteiger partial charge < -0.3 is 9.47 Å². The number of rotatable bonds is 3. The fourth-order valence-corrected chi connectivity index (χ4v) is 3.85. The zero-order valence-corrected chi connectivity index (χ0v) is 13.5. The second-order valence-electron chi connectivity index (χ2n) is 5.65. The van der Waals surface area contributed by atoms with Gasteiger partial charge in [0.25, 0.3) is 5.91 Å². The van der Waals surface area contributed by atoms with Crippen molar-refractivity contribution in [1.82, 2.24) is 4.90 Å². The minimum Gasteiger partial charge on any atom is -0.455 e. The molecule has 1 saturated heterocycles. The minimum absolute atomic E-state index is 0.165. The lowest BCUT2D eigenvalue weighted by Gasteiger charge is -2.49. The summed E-state index contributed by atoms with van der Waals surface area (Å²) >= 11 is 7.45. The average molecular weight is 320 g/mol. The van der Waals surface area contributed by atoms with Gasteiger partial charge in [-0.1, -0.05) is 0 Å². The number of esters is 1. The summed E-state index contributed by atoms with van der Waals surface area (Å²) in [5, 5.41) is -0.165. The number of β-lactam (4-membered cyclic amide) rings is 1. The Morgan fingerprint density at radius 3 is 2.65 bits per heavy atom. The van der Waals surface area contributed by atoms with E-state index in [4.69, 9.17) is 21.1 Å².